The maximum Gasteiger partial charge on any atom is 0.243 e. The SMILES string of the molecule is CCC1CN(S(=O)(=O)c2ccc3c(c2)CCC(=O)N3)CCO1. The largest absolute Gasteiger partial charge is 0.375 e. The van der Waals surface area contributed by atoms with Crippen molar-refractivity contribution in [1.82, 2.24) is 4.31 Å². The highest BCUT2D eigenvalue weighted by Crippen LogP contribution is 2.27. The van der Waals surface area contributed by atoms with E-state index in [0.29, 0.717) is 43.1 Å². The van der Waals surface area contributed by atoms with Crippen LogP contribution >= 0.6 is 0 Å². The number of rotatable bonds is 3. The molecule has 1 unspecified atom stereocenters. The number of fused-ring (bicyclic) bond motifs is 1. The van der Waals surface area contributed by atoms with Gasteiger partial charge in [-0.05, 0) is 36.6 Å². The molecule has 0 bridgehead atoms. The van der Waals surface area contributed by atoms with Crippen molar-refractivity contribution in [2.24, 2.45) is 0 Å². The summed E-state index contributed by atoms with van der Waals surface area (Å²) in [6, 6.07) is 4.92. The smallest absolute Gasteiger partial charge is 0.243 e. The average molecular weight is 324 g/mol. The van der Waals surface area contributed by atoms with Crippen LogP contribution in [0.1, 0.15) is 25.3 Å². The van der Waals surface area contributed by atoms with E-state index >= 15 is 0 Å². The van der Waals surface area contributed by atoms with E-state index in [0.717, 1.165) is 12.0 Å². The molecular formula is C15H20N2O4S. The van der Waals surface area contributed by atoms with E-state index in [-0.39, 0.29) is 12.0 Å². The molecule has 0 aliphatic carbocycles. The summed E-state index contributed by atoms with van der Waals surface area (Å²) in [7, 11) is -3.51. The second-order valence-electron chi connectivity index (χ2n) is 5.63. The van der Waals surface area contributed by atoms with Crippen molar-refractivity contribution in [3.63, 3.8) is 0 Å². The molecule has 7 heteroatoms. The fourth-order valence-corrected chi connectivity index (χ4v) is 4.33. The molecular weight excluding hydrogens is 304 g/mol. The minimum atomic E-state index is -3.51. The summed E-state index contributed by atoms with van der Waals surface area (Å²) < 4.78 is 32.6. The predicted molar refractivity (Wildman–Crippen MR) is 82.2 cm³/mol. The van der Waals surface area contributed by atoms with Gasteiger partial charge >= 0.3 is 0 Å². The summed E-state index contributed by atoms with van der Waals surface area (Å²) in [6.45, 7) is 3.19. The first-order valence-electron chi connectivity index (χ1n) is 7.55. The van der Waals surface area contributed by atoms with E-state index < -0.39 is 10.0 Å². The zero-order valence-corrected chi connectivity index (χ0v) is 13.4. The lowest BCUT2D eigenvalue weighted by molar-refractivity contribution is -0.116. The van der Waals surface area contributed by atoms with Gasteiger partial charge in [-0.25, -0.2) is 8.42 Å². The van der Waals surface area contributed by atoms with Crippen molar-refractivity contribution in [1.29, 1.82) is 0 Å². The number of nitrogens with one attached hydrogen (secondary N) is 1. The Kier molecular flexibility index (Phi) is 4.20. The summed E-state index contributed by atoms with van der Waals surface area (Å²) in [5, 5.41) is 2.77. The Morgan fingerprint density at radius 3 is 2.95 bits per heavy atom. The molecule has 1 N–H and O–H groups in total. The molecule has 1 aromatic carbocycles. The minimum Gasteiger partial charge on any atom is -0.375 e. The second-order valence-corrected chi connectivity index (χ2v) is 7.57. The van der Waals surface area contributed by atoms with E-state index in [9.17, 15) is 13.2 Å². The number of benzene rings is 1. The van der Waals surface area contributed by atoms with Gasteiger partial charge in [-0.15, -0.1) is 0 Å². The van der Waals surface area contributed by atoms with Gasteiger partial charge in [-0.1, -0.05) is 6.92 Å². The number of morpholine rings is 1. The summed E-state index contributed by atoms with van der Waals surface area (Å²) in [6.07, 6.45) is 1.72. The van der Waals surface area contributed by atoms with E-state index in [2.05, 4.69) is 5.32 Å². The molecule has 1 saturated heterocycles. The minimum absolute atomic E-state index is 0.0259. The highest BCUT2D eigenvalue weighted by molar-refractivity contribution is 7.89. The first-order chi connectivity index (χ1) is 10.5. The maximum absolute atomic E-state index is 12.8. The standard InChI is InChI=1S/C15H20N2O4S/c1-2-12-10-17(7-8-21-12)22(19,20)13-4-5-14-11(9-13)3-6-15(18)16-14/h4-5,9,12H,2-3,6-8,10H2,1H3,(H,16,18). The lowest BCUT2D eigenvalue weighted by Gasteiger charge is -2.32. The maximum atomic E-state index is 12.8. The Morgan fingerprint density at radius 1 is 1.36 bits per heavy atom. The van der Waals surface area contributed by atoms with Crippen LogP contribution in [0.25, 0.3) is 0 Å². The molecule has 2 aliphatic rings. The third-order valence-electron chi connectivity index (χ3n) is 4.17. The summed E-state index contributed by atoms with van der Waals surface area (Å²) in [4.78, 5) is 11.7. The molecule has 6 nitrogen and oxygen atoms in total. The number of aryl methyl sites for hydroxylation is 1. The lowest BCUT2D eigenvalue weighted by Crippen LogP contribution is -2.45. The Balaban J connectivity index is 1.88. The van der Waals surface area contributed by atoms with Crippen molar-refractivity contribution in [2.75, 3.05) is 25.0 Å². The molecule has 1 fully saturated rings. The summed E-state index contributed by atoms with van der Waals surface area (Å²) in [5.74, 6) is -0.0259. The molecule has 0 radical (unpaired) electrons. The van der Waals surface area contributed by atoms with Crippen LogP contribution in [-0.4, -0.2) is 44.4 Å². The van der Waals surface area contributed by atoms with Crippen LogP contribution in [0.5, 0.6) is 0 Å². The zero-order chi connectivity index (χ0) is 15.7. The van der Waals surface area contributed by atoms with Crippen LogP contribution in [0, 0.1) is 0 Å². The Bertz CT molecular complexity index is 687. The van der Waals surface area contributed by atoms with Gasteiger partial charge in [0.05, 0.1) is 17.6 Å². The molecule has 120 valence electrons. The quantitative estimate of drug-likeness (QED) is 0.911. The predicted octanol–water partition coefficient (Wildman–Crippen LogP) is 1.37. The topological polar surface area (TPSA) is 75.7 Å². The van der Waals surface area contributed by atoms with Gasteiger partial charge < -0.3 is 10.1 Å². The van der Waals surface area contributed by atoms with Crippen molar-refractivity contribution in [3.05, 3.63) is 23.8 Å². The number of hydrogen-bond donors (Lipinski definition) is 1. The van der Waals surface area contributed by atoms with E-state index in [1.165, 1.54) is 4.31 Å². The van der Waals surface area contributed by atoms with Crippen LogP contribution < -0.4 is 5.32 Å². The number of anilines is 1. The Labute approximate surface area is 130 Å². The molecule has 0 aromatic heterocycles. The molecule has 3 rings (SSSR count). The van der Waals surface area contributed by atoms with Crippen molar-refractivity contribution in [2.45, 2.75) is 37.2 Å². The first-order valence-corrected chi connectivity index (χ1v) is 8.99. The first kappa shape index (κ1) is 15.5. The lowest BCUT2D eigenvalue weighted by atomic mass is 10.0. The van der Waals surface area contributed by atoms with Gasteiger partial charge in [-0.3, -0.25) is 4.79 Å². The van der Waals surface area contributed by atoms with Gasteiger partial charge in [0.15, 0.2) is 0 Å². The fraction of sp³-hybridized carbons (Fsp3) is 0.533. The van der Waals surface area contributed by atoms with Crippen molar-refractivity contribution >= 4 is 21.6 Å². The van der Waals surface area contributed by atoms with Gasteiger partial charge in [0, 0.05) is 25.2 Å². The molecule has 2 aliphatic heterocycles. The fourth-order valence-electron chi connectivity index (χ4n) is 2.83. The van der Waals surface area contributed by atoms with Crippen LogP contribution in [0.3, 0.4) is 0 Å². The van der Waals surface area contributed by atoms with Crippen molar-refractivity contribution in [3.8, 4) is 0 Å². The number of carbonyl (C=O) groups is 1. The highest BCUT2D eigenvalue weighted by atomic mass is 32.2. The van der Waals surface area contributed by atoms with Crippen LogP contribution in [-0.2, 0) is 26.0 Å². The molecule has 1 aromatic rings. The molecule has 0 spiro atoms. The van der Waals surface area contributed by atoms with E-state index in [1.807, 2.05) is 6.92 Å². The van der Waals surface area contributed by atoms with Crippen LogP contribution in [0.15, 0.2) is 23.1 Å². The number of amides is 1. The molecule has 2 heterocycles. The second kappa shape index (κ2) is 5.98. The number of carbonyl (C=O) groups excluding carboxylic acids is 1. The average Bonchev–Trinajstić information content (AvgIpc) is 2.54. The van der Waals surface area contributed by atoms with Gasteiger partial charge in [0.25, 0.3) is 0 Å². The number of sulfonamides is 1. The van der Waals surface area contributed by atoms with Crippen molar-refractivity contribution < 1.29 is 17.9 Å². The van der Waals surface area contributed by atoms with Gasteiger partial charge in [0.1, 0.15) is 0 Å². The van der Waals surface area contributed by atoms with E-state index in [1.54, 1.807) is 18.2 Å². The van der Waals surface area contributed by atoms with Gasteiger partial charge in [-0.2, -0.15) is 4.31 Å². The molecule has 0 saturated carbocycles. The third-order valence-corrected chi connectivity index (χ3v) is 6.03. The van der Waals surface area contributed by atoms with Crippen LogP contribution in [0.2, 0.25) is 0 Å². The number of hydrogen-bond acceptors (Lipinski definition) is 4. The Morgan fingerprint density at radius 2 is 2.18 bits per heavy atom. The van der Waals surface area contributed by atoms with Crippen LogP contribution in [0.4, 0.5) is 5.69 Å². The monoisotopic (exact) mass is 324 g/mol. The number of nitrogens with zero attached hydrogens (tertiary/aromatic N) is 1. The molecule has 1 atom stereocenters. The number of ether oxygens (including phenoxy) is 1. The van der Waals surface area contributed by atoms with E-state index in [4.69, 9.17) is 4.74 Å². The normalized spacial score (nSPS) is 23.0. The highest BCUT2D eigenvalue weighted by Gasteiger charge is 2.30. The Hall–Kier alpha value is -1.44. The third kappa shape index (κ3) is 2.88. The zero-order valence-electron chi connectivity index (χ0n) is 12.5. The van der Waals surface area contributed by atoms with Gasteiger partial charge in [0.2, 0.25) is 15.9 Å². The molecule has 1 amide bonds. The summed E-state index contributed by atoms with van der Waals surface area (Å²) in [5.41, 5.74) is 1.59. The molecule has 22 heavy (non-hydrogen) atoms. The summed E-state index contributed by atoms with van der Waals surface area (Å²) >= 11 is 0.